The zero-order chi connectivity index (χ0) is 15.7. The number of halogens is 2. The summed E-state index contributed by atoms with van der Waals surface area (Å²) in [6.07, 6.45) is 6.53. The maximum atomic E-state index is 13.3. The molecule has 5 heteroatoms. The lowest BCUT2D eigenvalue weighted by Crippen LogP contribution is -2.33. The molecule has 1 atom stereocenters. The van der Waals surface area contributed by atoms with E-state index in [1.807, 2.05) is 0 Å². The Balaban J connectivity index is 2.42. The van der Waals surface area contributed by atoms with Gasteiger partial charge in [-0.3, -0.25) is 4.79 Å². The lowest BCUT2D eigenvalue weighted by molar-refractivity contribution is -0.125. The fraction of sp³-hybridized carbons (Fsp3) is 0.562. The van der Waals surface area contributed by atoms with E-state index in [9.17, 15) is 9.18 Å². The summed E-state index contributed by atoms with van der Waals surface area (Å²) in [7, 11) is 0. The topological polar surface area (TPSA) is 52.3 Å². The number of carbonyl (C=O) groups is 1. The van der Waals surface area contributed by atoms with Gasteiger partial charge in [0.25, 0.3) is 5.91 Å². The number of benzene rings is 1. The van der Waals surface area contributed by atoms with E-state index in [0.29, 0.717) is 6.42 Å². The standard InChI is InChI=1S/C16H23ClFNO2/c1-2-3-4-5-6-7-8-15(16(19)20)21-12-9-10-13(17)14(18)11-12/h9-11,15H,2-8H2,1H3,(H2,19,20). The second kappa shape index (κ2) is 9.61. The van der Waals surface area contributed by atoms with Crippen molar-refractivity contribution in [2.45, 2.75) is 58.0 Å². The maximum Gasteiger partial charge on any atom is 0.258 e. The van der Waals surface area contributed by atoms with E-state index in [0.717, 1.165) is 19.3 Å². The predicted molar refractivity (Wildman–Crippen MR) is 83.0 cm³/mol. The van der Waals surface area contributed by atoms with E-state index in [1.54, 1.807) is 0 Å². The Morgan fingerprint density at radius 1 is 1.29 bits per heavy atom. The lowest BCUT2D eigenvalue weighted by Gasteiger charge is -2.16. The van der Waals surface area contributed by atoms with Crippen LogP contribution >= 0.6 is 11.6 Å². The summed E-state index contributed by atoms with van der Waals surface area (Å²) in [4.78, 5) is 11.4. The third kappa shape index (κ3) is 6.80. The second-order valence-electron chi connectivity index (χ2n) is 5.14. The van der Waals surface area contributed by atoms with Gasteiger partial charge in [-0.15, -0.1) is 0 Å². The van der Waals surface area contributed by atoms with Gasteiger partial charge in [0.1, 0.15) is 11.6 Å². The smallest absolute Gasteiger partial charge is 0.258 e. The van der Waals surface area contributed by atoms with Gasteiger partial charge >= 0.3 is 0 Å². The van der Waals surface area contributed by atoms with Crippen molar-refractivity contribution in [1.82, 2.24) is 0 Å². The molecule has 1 amide bonds. The summed E-state index contributed by atoms with van der Waals surface area (Å²) in [6, 6.07) is 4.09. The van der Waals surface area contributed by atoms with Gasteiger partial charge < -0.3 is 10.5 Å². The molecule has 1 rings (SSSR count). The Kier molecular flexibility index (Phi) is 8.13. The van der Waals surface area contributed by atoms with Crippen LogP contribution in [-0.4, -0.2) is 12.0 Å². The minimum Gasteiger partial charge on any atom is -0.481 e. The molecule has 21 heavy (non-hydrogen) atoms. The van der Waals surface area contributed by atoms with Crippen molar-refractivity contribution in [2.75, 3.05) is 0 Å². The highest BCUT2D eigenvalue weighted by molar-refractivity contribution is 6.30. The molecular formula is C16H23ClFNO2. The van der Waals surface area contributed by atoms with Gasteiger partial charge in [0.2, 0.25) is 0 Å². The van der Waals surface area contributed by atoms with Crippen LogP contribution in [0.15, 0.2) is 18.2 Å². The number of unbranched alkanes of at least 4 members (excludes halogenated alkanes) is 5. The second-order valence-corrected chi connectivity index (χ2v) is 5.55. The largest absolute Gasteiger partial charge is 0.481 e. The maximum absolute atomic E-state index is 13.3. The monoisotopic (exact) mass is 315 g/mol. The summed E-state index contributed by atoms with van der Waals surface area (Å²) < 4.78 is 18.8. The predicted octanol–water partition coefficient (Wildman–Crippen LogP) is 4.46. The first-order chi connectivity index (χ1) is 10.0. The fourth-order valence-corrected chi connectivity index (χ4v) is 2.20. The highest BCUT2D eigenvalue weighted by Gasteiger charge is 2.17. The summed E-state index contributed by atoms with van der Waals surface area (Å²) in [5.74, 6) is -0.831. The summed E-state index contributed by atoms with van der Waals surface area (Å²) in [6.45, 7) is 2.17. The molecule has 0 aromatic heterocycles. The molecule has 0 aliphatic heterocycles. The molecule has 0 heterocycles. The average Bonchev–Trinajstić information content (AvgIpc) is 2.45. The van der Waals surface area contributed by atoms with Crippen LogP contribution in [0.2, 0.25) is 5.02 Å². The highest BCUT2D eigenvalue weighted by Crippen LogP contribution is 2.22. The first-order valence-corrected chi connectivity index (χ1v) is 7.83. The first-order valence-electron chi connectivity index (χ1n) is 7.45. The molecule has 0 saturated heterocycles. The molecule has 0 bridgehead atoms. The molecule has 0 saturated carbocycles. The number of hydrogen-bond acceptors (Lipinski definition) is 2. The number of carbonyl (C=O) groups excluding carboxylic acids is 1. The van der Waals surface area contributed by atoms with Gasteiger partial charge in [0.15, 0.2) is 6.10 Å². The normalized spacial score (nSPS) is 12.1. The van der Waals surface area contributed by atoms with Crippen molar-refractivity contribution in [3.8, 4) is 5.75 Å². The molecule has 3 nitrogen and oxygen atoms in total. The highest BCUT2D eigenvalue weighted by atomic mass is 35.5. The Bertz CT molecular complexity index is 454. The quantitative estimate of drug-likeness (QED) is 0.648. The zero-order valence-electron chi connectivity index (χ0n) is 12.4. The fourth-order valence-electron chi connectivity index (χ4n) is 2.08. The van der Waals surface area contributed by atoms with Gasteiger partial charge in [0, 0.05) is 6.07 Å². The van der Waals surface area contributed by atoms with Crippen LogP contribution in [0.4, 0.5) is 4.39 Å². The van der Waals surface area contributed by atoms with Crippen molar-refractivity contribution in [3.63, 3.8) is 0 Å². The van der Waals surface area contributed by atoms with Crippen LogP contribution in [-0.2, 0) is 4.79 Å². The number of amides is 1. The first kappa shape index (κ1) is 17.8. The Morgan fingerprint density at radius 2 is 1.95 bits per heavy atom. The molecule has 0 radical (unpaired) electrons. The number of primary amides is 1. The molecule has 1 aromatic carbocycles. The number of hydrogen-bond donors (Lipinski definition) is 1. The number of ether oxygens (including phenoxy) is 1. The number of nitrogens with two attached hydrogens (primary N) is 1. The molecule has 118 valence electrons. The average molecular weight is 316 g/mol. The van der Waals surface area contributed by atoms with Crippen LogP contribution in [0.1, 0.15) is 51.9 Å². The van der Waals surface area contributed by atoms with Crippen LogP contribution in [0.25, 0.3) is 0 Å². The van der Waals surface area contributed by atoms with Crippen LogP contribution in [0, 0.1) is 5.82 Å². The Morgan fingerprint density at radius 3 is 2.57 bits per heavy atom. The molecule has 1 aromatic rings. The molecule has 0 spiro atoms. The van der Waals surface area contributed by atoms with Crippen molar-refractivity contribution in [2.24, 2.45) is 5.73 Å². The molecule has 0 aliphatic rings. The van der Waals surface area contributed by atoms with E-state index in [1.165, 1.54) is 37.5 Å². The third-order valence-electron chi connectivity index (χ3n) is 3.31. The van der Waals surface area contributed by atoms with Crippen molar-refractivity contribution in [1.29, 1.82) is 0 Å². The minimum atomic E-state index is -0.725. The van der Waals surface area contributed by atoms with Crippen LogP contribution in [0.3, 0.4) is 0 Å². The van der Waals surface area contributed by atoms with Crippen LogP contribution in [0.5, 0.6) is 5.75 Å². The molecule has 0 aliphatic carbocycles. The molecule has 0 fully saturated rings. The molecule has 1 unspecified atom stereocenters. The van der Waals surface area contributed by atoms with E-state index in [4.69, 9.17) is 22.1 Å². The molecular weight excluding hydrogens is 293 g/mol. The Labute approximate surface area is 130 Å². The van der Waals surface area contributed by atoms with Gasteiger partial charge in [-0.05, 0) is 25.0 Å². The van der Waals surface area contributed by atoms with E-state index in [2.05, 4.69) is 6.92 Å². The van der Waals surface area contributed by atoms with Crippen molar-refractivity contribution in [3.05, 3.63) is 29.0 Å². The lowest BCUT2D eigenvalue weighted by atomic mass is 10.1. The van der Waals surface area contributed by atoms with Gasteiger partial charge in [-0.25, -0.2) is 4.39 Å². The van der Waals surface area contributed by atoms with Gasteiger partial charge in [-0.1, -0.05) is 50.6 Å². The van der Waals surface area contributed by atoms with E-state index in [-0.39, 0.29) is 10.8 Å². The summed E-state index contributed by atoms with van der Waals surface area (Å²) in [5.41, 5.74) is 5.33. The summed E-state index contributed by atoms with van der Waals surface area (Å²) in [5, 5.41) is 0.0221. The summed E-state index contributed by atoms with van der Waals surface area (Å²) >= 11 is 5.60. The van der Waals surface area contributed by atoms with Gasteiger partial charge in [-0.2, -0.15) is 0 Å². The number of rotatable bonds is 10. The van der Waals surface area contributed by atoms with Gasteiger partial charge in [0.05, 0.1) is 5.02 Å². The minimum absolute atomic E-state index is 0.0221. The Hall–Kier alpha value is -1.29. The molecule has 2 N–H and O–H groups in total. The SMILES string of the molecule is CCCCCCCCC(Oc1ccc(Cl)c(F)c1)C(N)=O. The van der Waals surface area contributed by atoms with E-state index < -0.39 is 17.8 Å². The van der Waals surface area contributed by atoms with Crippen molar-refractivity contribution >= 4 is 17.5 Å². The van der Waals surface area contributed by atoms with Crippen LogP contribution < -0.4 is 10.5 Å². The van der Waals surface area contributed by atoms with E-state index >= 15 is 0 Å². The third-order valence-corrected chi connectivity index (χ3v) is 3.61. The van der Waals surface area contributed by atoms with Crippen molar-refractivity contribution < 1.29 is 13.9 Å². The zero-order valence-corrected chi connectivity index (χ0v) is 13.2.